The van der Waals surface area contributed by atoms with Gasteiger partial charge in [-0.2, -0.15) is 5.10 Å². The van der Waals surface area contributed by atoms with Crippen LogP contribution in [-0.2, 0) is 11.3 Å². The zero-order chi connectivity index (χ0) is 15.0. The molecule has 114 valence electrons. The summed E-state index contributed by atoms with van der Waals surface area (Å²) in [6.07, 6.45) is 2.50. The van der Waals surface area contributed by atoms with E-state index in [9.17, 15) is 0 Å². The first-order valence-electron chi connectivity index (χ1n) is 6.78. The van der Waals surface area contributed by atoms with Gasteiger partial charge in [-0.15, -0.1) is 0 Å². The van der Waals surface area contributed by atoms with E-state index in [0.29, 0.717) is 25.6 Å². The zero-order valence-corrected chi connectivity index (χ0v) is 12.5. The molecular formula is C13H25N5O2. The standard InChI is InChI=1S/C13H25N5O2/c1-11(2)18-7-4-12(15-18)10-17(8-9-20-3)6-5-13(14)16-19/h4,7,11,19H,5-6,8-10H2,1-3H3,(H2,14,16). The third-order valence-corrected chi connectivity index (χ3v) is 3.00. The Kier molecular flexibility index (Phi) is 7.03. The van der Waals surface area contributed by atoms with Crippen molar-refractivity contribution in [3.63, 3.8) is 0 Å². The fourth-order valence-corrected chi connectivity index (χ4v) is 1.79. The van der Waals surface area contributed by atoms with Crippen molar-refractivity contribution in [2.75, 3.05) is 26.8 Å². The summed E-state index contributed by atoms with van der Waals surface area (Å²) in [4.78, 5) is 2.18. The first-order valence-corrected chi connectivity index (χ1v) is 6.78. The quantitative estimate of drug-likeness (QED) is 0.306. The van der Waals surface area contributed by atoms with Gasteiger partial charge in [0, 0.05) is 45.4 Å². The van der Waals surface area contributed by atoms with Gasteiger partial charge in [0.25, 0.3) is 0 Å². The number of aromatic nitrogens is 2. The molecule has 0 spiro atoms. The maximum absolute atomic E-state index is 8.58. The second kappa shape index (κ2) is 8.55. The fourth-order valence-electron chi connectivity index (χ4n) is 1.79. The second-order valence-electron chi connectivity index (χ2n) is 4.99. The number of hydrogen-bond donors (Lipinski definition) is 2. The van der Waals surface area contributed by atoms with E-state index in [-0.39, 0.29) is 5.84 Å². The first-order chi connectivity index (χ1) is 9.56. The van der Waals surface area contributed by atoms with Gasteiger partial charge in [0.15, 0.2) is 0 Å². The molecule has 1 heterocycles. The van der Waals surface area contributed by atoms with Crippen molar-refractivity contribution >= 4 is 5.84 Å². The molecule has 0 bridgehead atoms. The van der Waals surface area contributed by atoms with Gasteiger partial charge in [0.2, 0.25) is 0 Å². The molecule has 0 aliphatic carbocycles. The molecule has 0 atom stereocenters. The average Bonchev–Trinajstić information content (AvgIpc) is 2.90. The summed E-state index contributed by atoms with van der Waals surface area (Å²) < 4.78 is 7.05. The summed E-state index contributed by atoms with van der Waals surface area (Å²) in [5.41, 5.74) is 6.52. The molecule has 1 aromatic heterocycles. The molecule has 20 heavy (non-hydrogen) atoms. The maximum atomic E-state index is 8.58. The van der Waals surface area contributed by atoms with Crippen LogP contribution in [0.4, 0.5) is 0 Å². The van der Waals surface area contributed by atoms with Crippen LogP contribution in [0.5, 0.6) is 0 Å². The lowest BCUT2D eigenvalue weighted by Crippen LogP contribution is -2.31. The van der Waals surface area contributed by atoms with Crippen molar-refractivity contribution in [1.82, 2.24) is 14.7 Å². The van der Waals surface area contributed by atoms with Gasteiger partial charge < -0.3 is 15.7 Å². The van der Waals surface area contributed by atoms with Gasteiger partial charge >= 0.3 is 0 Å². The Morgan fingerprint density at radius 2 is 2.30 bits per heavy atom. The summed E-state index contributed by atoms with van der Waals surface area (Å²) in [6, 6.07) is 2.37. The highest BCUT2D eigenvalue weighted by atomic mass is 16.5. The Bertz CT molecular complexity index is 417. The monoisotopic (exact) mass is 283 g/mol. The Morgan fingerprint density at radius 1 is 1.55 bits per heavy atom. The molecule has 0 aliphatic rings. The number of oxime groups is 1. The van der Waals surface area contributed by atoms with Crippen LogP contribution in [0.25, 0.3) is 0 Å². The van der Waals surface area contributed by atoms with E-state index in [1.54, 1.807) is 7.11 Å². The molecule has 7 nitrogen and oxygen atoms in total. The van der Waals surface area contributed by atoms with Crippen LogP contribution >= 0.6 is 0 Å². The summed E-state index contributed by atoms with van der Waals surface area (Å²) in [7, 11) is 1.68. The number of methoxy groups -OCH3 is 1. The molecular weight excluding hydrogens is 258 g/mol. The van der Waals surface area contributed by atoms with E-state index in [0.717, 1.165) is 18.8 Å². The van der Waals surface area contributed by atoms with Crippen LogP contribution in [0.15, 0.2) is 17.4 Å². The van der Waals surface area contributed by atoms with Crippen LogP contribution in [0.1, 0.15) is 32.0 Å². The first kappa shape index (κ1) is 16.5. The Labute approximate surface area is 120 Å². The van der Waals surface area contributed by atoms with Crippen LogP contribution in [0.2, 0.25) is 0 Å². The number of rotatable bonds is 9. The van der Waals surface area contributed by atoms with Crippen LogP contribution < -0.4 is 5.73 Å². The fraction of sp³-hybridized carbons (Fsp3) is 0.692. The van der Waals surface area contributed by atoms with E-state index in [4.69, 9.17) is 15.7 Å². The van der Waals surface area contributed by atoms with Gasteiger partial charge in [0.1, 0.15) is 5.84 Å². The lowest BCUT2D eigenvalue weighted by Gasteiger charge is -2.20. The summed E-state index contributed by atoms with van der Waals surface area (Å²) in [5.74, 6) is 0.236. The molecule has 0 saturated carbocycles. The SMILES string of the molecule is COCCN(CCC(N)=NO)Cc1ccn(C(C)C)n1. The highest BCUT2D eigenvalue weighted by molar-refractivity contribution is 5.79. The normalized spacial score (nSPS) is 12.6. The third-order valence-electron chi connectivity index (χ3n) is 3.00. The third kappa shape index (κ3) is 5.58. The van der Waals surface area contributed by atoms with Gasteiger partial charge in [-0.25, -0.2) is 0 Å². The number of nitrogens with two attached hydrogens (primary N) is 1. The molecule has 0 fully saturated rings. The largest absolute Gasteiger partial charge is 0.409 e. The van der Waals surface area contributed by atoms with Gasteiger partial charge in [-0.1, -0.05) is 5.16 Å². The molecule has 7 heteroatoms. The van der Waals surface area contributed by atoms with Crippen LogP contribution in [0, 0.1) is 0 Å². The van der Waals surface area contributed by atoms with Crippen molar-refractivity contribution < 1.29 is 9.94 Å². The van der Waals surface area contributed by atoms with Crippen molar-refractivity contribution in [2.24, 2.45) is 10.9 Å². The van der Waals surface area contributed by atoms with Crippen LogP contribution in [-0.4, -0.2) is 52.5 Å². The van der Waals surface area contributed by atoms with E-state index >= 15 is 0 Å². The number of hydrogen-bond acceptors (Lipinski definition) is 5. The summed E-state index contributed by atoms with van der Waals surface area (Å²) in [5, 5.41) is 16.1. The van der Waals surface area contributed by atoms with E-state index in [1.807, 2.05) is 16.9 Å². The summed E-state index contributed by atoms with van der Waals surface area (Å²) >= 11 is 0. The average molecular weight is 283 g/mol. The predicted octanol–water partition coefficient (Wildman–Crippen LogP) is 1.05. The molecule has 0 saturated heterocycles. The number of amidine groups is 1. The highest BCUT2D eigenvalue weighted by Gasteiger charge is 2.10. The topological polar surface area (TPSA) is 88.9 Å². The minimum atomic E-state index is 0.236. The van der Waals surface area contributed by atoms with E-state index in [2.05, 4.69) is 29.0 Å². The van der Waals surface area contributed by atoms with E-state index < -0.39 is 0 Å². The van der Waals surface area contributed by atoms with Crippen molar-refractivity contribution in [3.8, 4) is 0 Å². The predicted molar refractivity (Wildman–Crippen MR) is 77.8 cm³/mol. The maximum Gasteiger partial charge on any atom is 0.140 e. The number of nitrogens with zero attached hydrogens (tertiary/aromatic N) is 4. The van der Waals surface area contributed by atoms with Gasteiger partial charge in [0.05, 0.1) is 12.3 Å². The molecule has 0 unspecified atom stereocenters. The van der Waals surface area contributed by atoms with Crippen molar-refractivity contribution in [3.05, 3.63) is 18.0 Å². The Morgan fingerprint density at radius 3 is 2.85 bits per heavy atom. The minimum absolute atomic E-state index is 0.236. The molecule has 0 aliphatic heterocycles. The molecule has 0 aromatic carbocycles. The smallest absolute Gasteiger partial charge is 0.140 e. The van der Waals surface area contributed by atoms with Crippen molar-refractivity contribution in [2.45, 2.75) is 32.9 Å². The van der Waals surface area contributed by atoms with E-state index in [1.165, 1.54) is 0 Å². The summed E-state index contributed by atoms with van der Waals surface area (Å²) in [6.45, 7) is 7.04. The second-order valence-corrected chi connectivity index (χ2v) is 4.99. The minimum Gasteiger partial charge on any atom is -0.409 e. The molecule has 0 radical (unpaired) electrons. The van der Waals surface area contributed by atoms with Gasteiger partial charge in [-0.3, -0.25) is 9.58 Å². The lowest BCUT2D eigenvalue weighted by molar-refractivity contribution is 0.144. The Hall–Kier alpha value is -1.60. The molecule has 0 amide bonds. The molecule has 1 aromatic rings. The molecule has 3 N–H and O–H groups in total. The molecule has 1 rings (SSSR count). The van der Waals surface area contributed by atoms with Gasteiger partial charge in [-0.05, 0) is 19.9 Å². The highest BCUT2D eigenvalue weighted by Crippen LogP contribution is 2.07. The van der Waals surface area contributed by atoms with Crippen LogP contribution in [0.3, 0.4) is 0 Å². The van der Waals surface area contributed by atoms with Crippen molar-refractivity contribution in [1.29, 1.82) is 0 Å². The lowest BCUT2D eigenvalue weighted by atomic mass is 10.3. The zero-order valence-electron chi connectivity index (χ0n) is 12.5. The Balaban J connectivity index is 2.57. The number of ether oxygens (including phenoxy) is 1.